The maximum atomic E-state index is 13.3. The van der Waals surface area contributed by atoms with Gasteiger partial charge in [0.05, 0.1) is 29.7 Å². The molecule has 3 aromatic rings. The highest BCUT2D eigenvalue weighted by Crippen LogP contribution is 2.25. The van der Waals surface area contributed by atoms with Crippen LogP contribution in [0.3, 0.4) is 0 Å². The smallest absolute Gasteiger partial charge is 0.266 e. The SMILES string of the molecule is CCCCCN[C@H](C)c1nc2ccccc2c(=O)n1-c1ccccc1OC. The molecule has 0 amide bonds. The summed E-state index contributed by atoms with van der Waals surface area (Å²) in [6.45, 7) is 5.13. The van der Waals surface area contributed by atoms with Crippen LogP contribution in [0.1, 0.15) is 45.0 Å². The van der Waals surface area contributed by atoms with Crippen LogP contribution in [0.15, 0.2) is 53.3 Å². The van der Waals surface area contributed by atoms with Crippen LogP contribution in [0.5, 0.6) is 5.75 Å². The van der Waals surface area contributed by atoms with E-state index in [1.165, 1.54) is 12.8 Å². The average molecular weight is 365 g/mol. The summed E-state index contributed by atoms with van der Waals surface area (Å²) in [4.78, 5) is 18.2. The Morgan fingerprint density at radius 2 is 1.85 bits per heavy atom. The third-order valence-corrected chi connectivity index (χ3v) is 4.75. The molecule has 142 valence electrons. The first-order chi connectivity index (χ1) is 13.2. The fraction of sp³-hybridized carbons (Fsp3) is 0.364. The lowest BCUT2D eigenvalue weighted by Gasteiger charge is -2.21. The number of fused-ring (bicyclic) bond motifs is 1. The Kier molecular flexibility index (Phi) is 6.24. The first kappa shape index (κ1) is 19.1. The Morgan fingerprint density at radius 1 is 1.11 bits per heavy atom. The number of hydrogen-bond donors (Lipinski definition) is 1. The quantitative estimate of drug-likeness (QED) is 0.607. The molecule has 0 spiro atoms. The van der Waals surface area contributed by atoms with Gasteiger partial charge < -0.3 is 10.1 Å². The first-order valence-corrected chi connectivity index (χ1v) is 9.55. The molecule has 5 heteroatoms. The van der Waals surface area contributed by atoms with Crippen LogP contribution in [-0.4, -0.2) is 23.2 Å². The monoisotopic (exact) mass is 365 g/mol. The van der Waals surface area contributed by atoms with E-state index in [1.807, 2.05) is 48.5 Å². The predicted octanol–water partition coefficient (Wildman–Crippen LogP) is 4.24. The van der Waals surface area contributed by atoms with Crippen molar-refractivity contribution >= 4 is 10.9 Å². The van der Waals surface area contributed by atoms with Gasteiger partial charge in [-0.2, -0.15) is 0 Å². The van der Waals surface area contributed by atoms with E-state index in [0.29, 0.717) is 28.2 Å². The van der Waals surface area contributed by atoms with Gasteiger partial charge in [-0.05, 0) is 44.2 Å². The number of hydrogen-bond acceptors (Lipinski definition) is 4. The van der Waals surface area contributed by atoms with E-state index in [0.717, 1.165) is 13.0 Å². The van der Waals surface area contributed by atoms with Gasteiger partial charge in [0.15, 0.2) is 0 Å². The van der Waals surface area contributed by atoms with E-state index >= 15 is 0 Å². The van der Waals surface area contributed by atoms with Gasteiger partial charge in [-0.25, -0.2) is 4.98 Å². The molecular weight excluding hydrogens is 338 g/mol. The first-order valence-electron chi connectivity index (χ1n) is 9.55. The predicted molar refractivity (Wildman–Crippen MR) is 110 cm³/mol. The van der Waals surface area contributed by atoms with Crippen LogP contribution < -0.4 is 15.6 Å². The zero-order valence-corrected chi connectivity index (χ0v) is 16.2. The molecule has 0 aliphatic carbocycles. The number of unbranched alkanes of at least 4 members (excludes halogenated alkanes) is 2. The molecule has 0 aliphatic heterocycles. The summed E-state index contributed by atoms with van der Waals surface area (Å²) in [7, 11) is 1.62. The Morgan fingerprint density at radius 3 is 2.63 bits per heavy atom. The number of rotatable bonds is 8. The minimum absolute atomic E-state index is 0.0657. The average Bonchev–Trinajstić information content (AvgIpc) is 2.71. The van der Waals surface area contributed by atoms with Crippen molar-refractivity contribution in [3.63, 3.8) is 0 Å². The van der Waals surface area contributed by atoms with Gasteiger partial charge in [0.2, 0.25) is 0 Å². The molecule has 0 saturated carbocycles. The maximum absolute atomic E-state index is 13.3. The Bertz CT molecular complexity index is 965. The lowest BCUT2D eigenvalue weighted by molar-refractivity contribution is 0.411. The fourth-order valence-corrected chi connectivity index (χ4v) is 3.27. The van der Waals surface area contributed by atoms with E-state index in [9.17, 15) is 4.79 Å². The van der Waals surface area contributed by atoms with Gasteiger partial charge in [-0.15, -0.1) is 0 Å². The summed E-state index contributed by atoms with van der Waals surface area (Å²) in [6.07, 6.45) is 3.47. The Hall–Kier alpha value is -2.66. The normalized spacial score (nSPS) is 12.3. The van der Waals surface area contributed by atoms with Gasteiger partial charge in [0.1, 0.15) is 11.6 Å². The van der Waals surface area contributed by atoms with E-state index in [4.69, 9.17) is 9.72 Å². The number of aromatic nitrogens is 2. The number of ether oxygens (including phenoxy) is 1. The molecular formula is C22H27N3O2. The number of methoxy groups -OCH3 is 1. The zero-order chi connectivity index (χ0) is 19.2. The van der Waals surface area contributed by atoms with Gasteiger partial charge >= 0.3 is 0 Å². The molecule has 3 rings (SSSR count). The topological polar surface area (TPSA) is 56.2 Å². The van der Waals surface area contributed by atoms with Crippen LogP contribution in [-0.2, 0) is 0 Å². The molecule has 0 aliphatic rings. The molecule has 1 heterocycles. The number of nitrogens with zero attached hydrogens (tertiary/aromatic N) is 2. The second-order valence-corrected chi connectivity index (χ2v) is 6.68. The van der Waals surface area contributed by atoms with Gasteiger partial charge in [-0.3, -0.25) is 9.36 Å². The van der Waals surface area contributed by atoms with Gasteiger partial charge in [-0.1, -0.05) is 44.0 Å². The maximum Gasteiger partial charge on any atom is 0.266 e. The van der Waals surface area contributed by atoms with Gasteiger partial charge in [0, 0.05) is 0 Å². The summed E-state index contributed by atoms with van der Waals surface area (Å²) < 4.78 is 7.19. The number of nitrogens with one attached hydrogen (secondary N) is 1. The highest BCUT2D eigenvalue weighted by Gasteiger charge is 2.19. The fourth-order valence-electron chi connectivity index (χ4n) is 3.27. The van der Waals surface area contributed by atoms with Crippen molar-refractivity contribution in [3.05, 3.63) is 64.7 Å². The molecule has 0 unspecified atom stereocenters. The van der Waals surface area contributed by atoms with E-state index in [-0.39, 0.29) is 11.6 Å². The minimum Gasteiger partial charge on any atom is -0.495 e. The largest absolute Gasteiger partial charge is 0.495 e. The van der Waals surface area contributed by atoms with Crippen molar-refractivity contribution in [2.45, 2.75) is 39.2 Å². The molecule has 0 fully saturated rings. The third-order valence-electron chi connectivity index (χ3n) is 4.75. The van der Waals surface area contributed by atoms with E-state index in [1.54, 1.807) is 11.7 Å². The lowest BCUT2D eigenvalue weighted by Crippen LogP contribution is -2.30. The Balaban J connectivity index is 2.14. The summed E-state index contributed by atoms with van der Waals surface area (Å²) in [6, 6.07) is 15.0. The van der Waals surface area contributed by atoms with Crippen molar-refractivity contribution < 1.29 is 4.74 Å². The van der Waals surface area contributed by atoms with Crippen molar-refractivity contribution in [2.75, 3.05) is 13.7 Å². The second kappa shape index (κ2) is 8.82. The summed E-state index contributed by atoms with van der Waals surface area (Å²) in [5.74, 6) is 1.34. The molecule has 0 bridgehead atoms. The van der Waals surface area contributed by atoms with Crippen molar-refractivity contribution in [1.29, 1.82) is 0 Å². The molecule has 2 aromatic carbocycles. The molecule has 0 radical (unpaired) electrons. The van der Waals surface area contributed by atoms with Crippen LogP contribution in [0.25, 0.3) is 16.6 Å². The van der Waals surface area contributed by atoms with Crippen molar-refractivity contribution in [1.82, 2.24) is 14.9 Å². The standard InChI is InChI=1S/C22H27N3O2/c1-4-5-10-15-23-16(2)21-24-18-12-7-6-11-17(18)22(26)25(21)19-13-8-9-14-20(19)27-3/h6-9,11-14,16,23H,4-5,10,15H2,1-3H3/t16-/m1/s1. The van der Waals surface area contributed by atoms with E-state index < -0.39 is 0 Å². The highest BCUT2D eigenvalue weighted by atomic mass is 16.5. The summed E-state index contributed by atoms with van der Waals surface area (Å²) in [5, 5.41) is 4.11. The van der Waals surface area contributed by atoms with Crippen molar-refractivity contribution in [2.24, 2.45) is 0 Å². The summed E-state index contributed by atoms with van der Waals surface area (Å²) >= 11 is 0. The molecule has 1 atom stereocenters. The van der Waals surface area contributed by atoms with Crippen LogP contribution in [0.4, 0.5) is 0 Å². The summed E-state index contributed by atoms with van der Waals surface area (Å²) in [5.41, 5.74) is 1.34. The molecule has 0 saturated heterocycles. The molecule has 1 aromatic heterocycles. The molecule has 27 heavy (non-hydrogen) atoms. The highest BCUT2D eigenvalue weighted by molar-refractivity contribution is 5.78. The third kappa shape index (κ3) is 4.03. The number of para-hydroxylation sites is 3. The van der Waals surface area contributed by atoms with Gasteiger partial charge in [0.25, 0.3) is 5.56 Å². The lowest BCUT2D eigenvalue weighted by atomic mass is 10.2. The van der Waals surface area contributed by atoms with Crippen LogP contribution in [0, 0.1) is 0 Å². The number of benzene rings is 2. The van der Waals surface area contributed by atoms with Crippen molar-refractivity contribution in [3.8, 4) is 11.4 Å². The second-order valence-electron chi connectivity index (χ2n) is 6.68. The zero-order valence-electron chi connectivity index (χ0n) is 16.2. The Labute approximate surface area is 160 Å². The van der Waals surface area contributed by atoms with E-state index in [2.05, 4.69) is 19.2 Å². The van der Waals surface area contributed by atoms with Crippen LogP contribution >= 0.6 is 0 Å². The molecule has 1 N–H and O–H groups in total. The minimum atomic E-state index is -0.0812. The van der Waals surface area contributed by atoms with Crippen LogP contribution in [0.2, 0.25) is 0 Å². The molecule has 5 nitrogen and oxygen atoms in total.